The molecule has 0 amide bonds. The molecule has 0 heterocycles. The average Bonchev–Trinajstić information content (AvgIpc) is 2.58. The molecule has 6 heteroatoms. The van der Waals surface area contributed by atoms with Gasteiger partial charge in [0.15, 0.2) is 11.6 Å². The Bertz CT molecular complexity index is 724. The van der Waals surface area contributed by atoms with Crippen molar-refractivity contribution in [3.05, 3.63) is 41.0 Å². The van der Waals surface area contributed by atoms with Gasteiger partial charge in [0, 0.05) is 52.2 Å². The van der Waals surface area contributed by atoms with Crippen LogP contribution in [0.5, 0.6) is 5.75 Å². The molecule has 2 N–H and O–H groups in total. The fourth-order valence-corrected chi connectivity index (χ4v) is 2.09. The molecule has 149 valence electrons. The van der Waals surface area contributed by atoms with Crippen molar-refractivity contribution >= 4 is 10.8 Å². The molecule has 0 aromatic heterocycles. The zero-order valence-corrected chi connectivity index (χ0v) is 20.4. The van der Waals surface area contributed by atoms with Gasteiger partial charge in [0.25, 0.3) is 0 Å². The number of fused-ring (bicyclic) bond motifs is 1. The number of hydroxylamine groups is 2. The number of hydrogen-bond donors (Lipinski definition) is 2. The van der Waals surface area contributed by atoms with Crippen molar-refractivity contribution < 1.29 is 51.8 Å². The normalized spacial score (nSPS) is 9.04. The number of aromatic hydroxyl groups is 1. The summed E-state index contributed by atoms with van der Waals surface area (Å²) in [6.07, 6.45) is 5.27. The summed E-state index contributed by atoms with van der Waals surface area (Å²) in [7, 11) is 3.11. The standard InChI is InChI=1S/C15H12F2O.C2H7NO.2C2H6.Y/c1-4-11-14-9(6-13(16)15(11)17)5-10(18)7-12(14)8(2)3;1-3(2)4;2*1-2;/h1,5-8,18H,2-3H3;4H,1-2H3;2*1-2H3;. The molecule has 27 heavy (non-hydrogen) atoms. The Morgan fingerprint density at radius 1 is 1.04 bits per heavy atom. The minimum atomic E-state index is -1.02. The van der Waals surface area contributed by atoms with E-state index >= 15 is 0 Å². The van der Waals surface area contributed by atoms with Gasteiger partial charge in [0.2, 0.25) is 0 Å². The van der Waals surface area contributed by atoms with Crippen LogP contribution in [0.2, 0.25) is 0 Å². The molecule has 0 fully saturated rings. The van der Waals surface area contributed by atoms with Gasteiger partial charge in [-0.1, -0.05) is 47.5 Å². The average molecular weight is 456 g/mol. The Kier molecular flexibility index (Phi) is 18.1. The van der Waals surface area contributed by atoms with Gasteiger partial charge in [-0.2, -0.15) is 5.06 Å². The van der Waals surface area contributed by atoms with E-state index in [1.165, 1.54) is 12.1 Å². The van der Waals surface area contributed by atoms with E-state index in [1.54, 1.807) is 14.1 Å². The Morgan fingerprint density at radius 3 is 1.85 bits per heavy atom. The monoisotopic (exact) mass is 456 g/mol. The van der Waals surface area contributed by atoms with Crippen LogP contribution in [0.4, 0.5) is 8.78 Å². The van der Waals surface area contributed by atoms with Crippen LogP contribution in [0, 0.1) is 24.0 Å². The largest absolute Gasteiger partial charge is 0.508 e. The first kappa shape index (κ1) is 30.7. The number of rotatable bonds is 1. The summed E-state index contributed by atoms with van der Waals surface area (Å²) in [5.74, 6) is 0.230. The summed E-state index contributed by atoms with van der Waals surface area (Å²) in [6, 6.07) is 3.97. The summed E-state index contributed by atoms with van der Waals surface area (Å²) in [6.45, 7) is 11.8. The molecule has 0 unspecified atom stereocenters. The molecule has 1 radical (unpaired) electrons. The smallest absolute Gasteiger partial charge is 0.175 e. The van der Waals surface area contributed by atoms with Gasteiger partial charge < -0.3 is 10.3 Å². The third-order valence-corrected chi connectivity index (χ3v) is 2.91. The molecule has 0 aliphatic rings. The van der Waals surface area contributed by atoms with Crippen LogP contribution in [-0.2, 0) is 32.7 Å². The summed E-state index contributed by atoms with van der Waals surface area (Å²) in [4.78, 5) is 0. The van der Waals surface area contributed by atoms with Gasteiger partial charge in [-0.3, -0.25) is 0 Å². The van der Waals surface area contributed by atoms with E-state index in [-0.39, 0.29) is 49.9 Å². The second-order valence-corrected chi connectivity index (χ2v) is 5.33. The van der Waals surface area contributed by atoms with Crippen LogP contribution in [0.3, 0.4) is 0 Å². The van der Waals surface area contributed by atoms with Crippen LogP contribution in [0.25, 0.3) is 10.8 Å². The maximum Gasteiger partial charge on any atom is 0.175 e. The number of halogens is 2. The fraction of sp³-hybridized carbons (Fsp3) is 0.429. The van der Waals surface area contributed by atoms with Crippen LogP contribution >= 0.6 is 0 Å². The second kappa shape index (κ2) is 15.9. The Balaban J connectivity index is -0.000000557. The molecule has 3 nitrogen and oxygen atoms in total. The van der Waals surface area contributed by atoms with Crippen molar-refractivity contribution in [2.75, 3.05) is 14.1 Å². The van der Waals surface area contributed by atoms with Crippen LogP contribution in [-0.4, -0.2) is 29.5 Å². The third-order valence-electron chi connectivity index (χ3n) is 2.91. The van der Waals surface area contributed by atoms with E-state index in [1.807, 2.05) is 41.5 Å². The van der Waals surface area contributed by atoms with E-state index in [2.05, 4.69) is 5.92 Å². The Morgan fingerprint density at radius 2 is 1.48 bits per heavy atom. The van der Waals surface area contributed by atoms with Crippen molar-refractivity contribution in [3.8, 4) is 18.1 Å². The molecule has 2 aromatic rings. The van der Waals surface area contributed by atoms with Gasteiger partial charge in [-0.05, 0) is 35.1 Å². The quantitative estimate of drug-likeness (QED) is 0.414. The van der Waals surface area contributed by atoms with Gasteiger partial charge >= 0.3 is 0 Å². The fourth-order valence-electron chi connectivity index (χ4n) is 2.09. The zero-order chi connectivity index (χ0) is 21.0. The number of phenolic OH excluding ortho intramolecular Hbond substituents is 1. The van der Waals surface area contributed by atoms with Gasteiger partial charge in [-0.15, -0.1) is 6.42 Å². The molecule has 0 saturated heterocycles. The van der Waals surface area contributed by atoms with E-state index in [4.69, 9.17) is 11.6 Å². The van der Waals surface area contributed by atoms with E-state index in [9.17, 15) is 13.9 Å². The predicted molar refractivity (Wildman–Crippen MR) is 106 cm³/mol. The number of benzene rings is 2. The van der Waals surface area contributed by atoms with Gasteiger partial charge in [0.05, 0.1) is 5.56 Å². The molecule has 0 saturated carbocycles. The molecular weight excluding hydrogens is 425 g/mol. The number of hydrogen-bond acceptors (Lipinski definition) is 3. The molecule has 2 rings (SSSR count). The predicted octanol–water partition coefficient (Wildman–Crippen LogP) is 5.92. The maximum absolute atomic E-state index is 13.7. The van der Waals surface area contributed by atoms with E-state index < -0.39 is 11.6 Å². The Labute approximate surface area is 187 Å². The first-order chi connectivity index (χ1) is 12.2. The molecule has 0 bridgehead atoms. The minimum absolute atomic E-state index is 0. The van der Waals surface area contributed by atoms with Crippen molar-refractivity contribution in [2.24, 2.45) is 0 Å². The Hall–Kier alpha value is -1.06. The van der Waals surface area contributed by atoms with Gasteiger partial charge in [0.1, 0.15) is 5.75 Å². The van der Waals surface area contributed by atoms with Crippen molar-refractivity contribution in [1.29, 1.82) is 0 Å². The number of nitrogens with zero attached hydrogens (tertiary/aromatic N) is 1. The summed E-state index contributed by atoms with van der Waals surface area (Å²) < 4.78 is 27.1. The molecular formula is C21H31F2NO2Y. The summed E-state index contributed by atoms with van der Waals surface area (Å²) in [5, 5.41) is 19.4. The second-order valence-electron chi connectivity index (χ2n) is 5.33. The summed E-state index contributed by atoms with van der Waals surface area (Å²) in [5.41, 5.74) is 0.616. The minimum Gasteiger partial charge on any atom is -0.508 e. The van der Waals surface area contributed by atoms with E-state index in [0.29, 0.717) is 16.3 Å². The molecule has 2 aromatic carbocycles. The van der Waals surface area contributed by atoms with Crippen molar-refractivity contribution in [2.45, 2.75) is 47.5 Å². The van der Waals surface area contributed by atoms with Crippen LogP contribution in [0.15, 0.2) is 18.2 Å². The van der Waals surface area contributed by atoms with Crippen LogP contribution < -0.4 is 0 Å². The van der Waals surface area contributed by atoms with Crippen molar-refractivity contribution in [1.82, 2.24) is 5.06 Å². The molecule has 0 aliphatic heterocycles. The molecule has 0 spiro atoms. The number of terminal acetylenes is 1. The zero-order valence-electron chi connectivity index (χ0n) is 17.6. The number of phenols is 1. The van der Waals surface area contributed by atoms with Gasteiger partial charge in [-0.25, -0.2) is 8.78 Å². The first-order valence-electron chi connectivity index (χ1n) is 8.66. The third kappa shape index (κ3) is 9.62. The maximum atomic E-state index is 13.7. The molecule has 0 aliphatic carbocycles. The topological polar surface area (TPSA) is 43.7 Å². The van der Waals surface area contributed by atoms with E-state index in [0.717, 1.165) is 11.1 Å². The first-order valence-corrected chi connectivity index (χ1v) is 8.66. The SMILES string of the molecule is C#Cc1c(F)c(F)cc2cc(O)cc(C(C)C)c12.CC.CC.CN(C)O.[Y]. The molecule has 0 atom stereocenters. The summed E-state index contributed by atoms with van der Waals surface area (Å²) >= 11 is 0. The van der Waals surface area contributed by atoms with Crippen LogP contribution in [0.1, 0.15) is 58.6 Å². The van der Waals surface area contributed by atoms with Crippen molar-refractivity contribution in [3.63, 3.8) is 0 Å².